The van der Waals surface area contributed by atoms with Crippen molar-refractivity contribution in [2.24, 2.45) is 5.92 Å². The summed E-state index contributed by atoms with van der Waals surface area (Å²) in [5.41, 5.74) is 4.33. The summed E-state index contributed by atoms with van der Waals surface area (Å²) in [6.07, 6.45) is 3.39. The molecule has 13 heavy (non-hydrogen) atoms. The first kappa shape index (κ1) is 10.3. The lowest BCUT2D eigenvalue weighted by Crippen LogP contribution is -2.00. The Bertz CT molecular complexity index is 271. The van der Waals surface area contributed by atoms with Crippen molar-refractivity contribution in [3.63, 3.8) is 0 Å². The van der Waals surface area contributed by atoms with Crippen LogP contribution < -0.4 is 0 Å². The van der Waals surface area contributed by atoms with Gasteiger partial charge >= 0.3 is 0 Å². The van der Waals surface area contributed by atoms with Crippen molar-refractivity contribution < 1.29 is 0 Å². The fourth-order valence-electron chi connectivity index (χ4n) is 1.68. The molecule has 71 valence electrons. The number of benzene rings is 1. The van der Waals surface area contributed by atoms with Gasteiger partial charge in [0.2, 0.25) is 0 Å². The molecule has 0 saturated heterocycles. The summed E-state index contributed by atoms with van der Waals surface area (Å²) in [6, 6.07) is 6.53. The zero-order valence-corrected chi connectivity index (χ0v) is 9.09. The van der Waals surface area contributed by atoms with Crippen molar-refractivity contribution in [3.05, 3.63) is 41.3 Å². The van der Waals surface area contributed by atoms with E-state index in [1.807, 2.05) is 0 Å². The normalized spacial score (nSPS) is 10.8. The smallest absolute Gasteiger partial charge is 0.0121 e. The van der Waals surface area contributed by atoms with E-state index in [4.69, 9.17) is 0 Å². The van der Waals surface area contributed by atoms with E-state index in [1.54, 1.807) is 0 Å². The molecule has 0 atom stereocenters. The van der Waals surface area contributed by atoms with Gasteiger partial charge in [-0.1, -0.05) is 39.0 Å². The Balaban J connectivity index is 3.00. The van der Waals surface area contributed by atoms with E-state index in [0.717, 1.165) is 5.92 Å². The molecule has 0 aliphatic rings. The summed E-state index contributed by atoms with van der Waals surface area (Å²) in [7, 11) is 0. The second kappa shape index (κ2) is 4.45. The van der Waals surface area contributed by atoms with Gasteiger partial charge in [0.1, 0.15) is 0 Å². The standard InChI is InChI=1S/C13H19/c1-5-12-8-6-7-11(4)13(12)9-10(2)3/h5-8,10H,9H2,1-4H3. The van der Waals surface area contributed by atoms with Gasteiger partial charge in [0.05, 0.1) is 0 Å². The number of hydrogen-bond donors (Lipinski definition) is 0. The van der Waals surface area contributed by atoms with Crippen LogP contribution in [0.2, 0.25) is 0 Å². The van der Waals surface area contributed by atoms with E-state index in [-0.39, 0.29) is 0 Å². The molecule has 0 saturated carbocycles. The lowest BCUT2D eigenvalue weighted by molar-refractivity contribution is 0.643. The van der Waals surface area contributed by atoms with Crippen LogP contribution in [0.5, 0.6) is 0 Å². The second-order valence-electron chi connectivity index (χ2n) is 4.03. The zero-order chi connectivity index (χ0) is 9.84. The summed E-state index contributed by atoms with van der Waals surface area (Å²) in [6.45, 7) is 8.85. The Morgan fingerprint density at radius 1 is 1.31 bits per heavy atom. The molecule has 0 aliphatic carbocycles. The fraction of sp³-hybridized carbons (Fsp3) is 0.462. The van der Waals surface area contributed by atoms with Crippen LogP contribution in [0.25, 0.3) is 0 Å². The maximum absolute atomic E-state index is 2.27. The zero-order valence-electron chi connectivity index (χ0n) is 9.09. The summed E-state index contributed by atoms with van der Waals surface area (Å²) in [5.74, 6) is 0.736. The van der Waals surface area contributed by atoms with Crippen LogP contribution in [-0.4, -0.2) is 0 Å². The number of rotatable bonds is 3. The summed E-state index contributed by atoms with van der Waals surface area (Å²) < 4.78 is 0. The lowest BCUT2D eigenvalue weighted by Gasteiger charge is -2.12. The van der Waals surface area contributed by atoms with Gasteiger partial charge in [0.15, 0.2) is 0 Å². The average Bonchev–Trinajstić information content (AvgIpc) is 2.08. The van der Waals surface area contributed by atoms with E-state index in [1.165, 1.54) is 23.1 Å². The maximum Gasteiger partial charge on any atom is -0.0121 e. The van der Waals surface area contributed by atoms with Crippen LogP contribution >= 0.6 is 0 Å². The highest BCUT2D eigenvalue weighted by atomic mass is 14.1. The molecule has 0 heteroatoms. The Hall–Kier alpha value is -0.780. The van der Waals surface area contributed by atoms with Gasteiger partial charge in [-0.15, -0.1) is 0 Å². The molecule has 0 amide bonds. The van der Waals surface area contributed by atoms with Gasteiger partial charge < -0.3 is 0 Å². The highest BCUT2D eigenvalue weighted by Gasteiger charge is 2.05. The summed E-state index contributed by atoms with van der Waals surface area (Å²) >= 11 is 0. The Labute approximate surface area is 82.0 Å². The Kier molecular flexibility index (Phi) is 3.53. The first-order valence-electron chi connectivity index (χ1n) is 5.03. The average molecular weight is 175 g/mol. The van der Waals surface area contributed by atoms with Crippen molar-refractivity contribution in [2.75, 3.05) is 0 Å². The molecule has 0 aliphatic heterocycles. The Morgan fingerprint density at radius 2 is 2.00 bits per heavy atom. The number of aryl methyl sites for hydroxylation is 1. The molecular formula is C13H19. The quantitative estimate of drug-likeness (QED) is 0.656. The van der Waals surface area contributed by atoms with Gasteiger partial charge in [0.25, 0.3) is 0 Å². The first-order valence-corrected chi connectivity index (χ1v) is 5.03. The fourth-order valence-corrected chi connectivity index (χ4v) is 1.68. The molecule has 0 heterocycles. The monoisotopic (exact) mass is 175 g/mol. The van der Waals surface area contributed by atoms with E-state index in [0.29, 0.717) is 0 Å². The largest absolute Gasteiger partial charge is 0.0625 e. The first-order chi connectivity index (χ1) is 6.15. The molecule has 1 rings (SSSR count). The third-order valence-corrected chi connectivity index (χ3v) is 2.37. The lowest BCUT2D eigenvalue weighted by atomic mass is 9.93. The van der Waals surface area contributed by atoms with Crippen molar-refractivity contribution in [2.45, 2.75) is 34.1 Å². The molecule has 0 nitrogen and oxygen atoms in total. The van der Waals surface area contributed by atoms with Crippen LogP contribution in [0.3, 0.4) is 0 Å². The minimum Gasteiger partial charge on any atom is -0.0625 e. The minimum absolute atomic E-state index is 0.736. The highest BCUT2D eigenvalue weighted by molar-refractivity contribution is 5.38. The van der Waals surface area contributed by atoms with Gasteiger partial charge in [-0.3, -0.25) is 0 Å². The molecule has 1 radical (unpaired) electrons. The van der Waals surface area contributed by atoms with Crippen molar-refractivity contribution >= 4 is 0 Å². The van der Waals surface area contributed by atoms with Crippen LogP contribution in [-0.2, 0) is 6.42 Å². The second-order valence-corrected chi connectivity index (χ2v) is 4.03. The van der Waals surface area contributed by atoms with Crippen LogP contribution in [0.4, 0.5) is 0 Å². The molecule has 1 aromatic rings. The SMILES string of the molecule is C[CH]c1cccc(C)c1CC(C)C. The summed E-state index contributed by atoms with van der Waals surface area (Å²) in [5, 5.41) is 0. The predicted octanol–water partition coefficient (Wildman–Crippen LogP) is 3.77. The molecule has 0 aromatic heterocycles. The molecule has 0 unspecified atom stereocenters. The van der Waals surface area contributed by atoms with E-state index < -0.39 is 0 Å². The minimum atomic E-state index is 0.736. The van der Waals surface area contributed by atoms with Gasteiger partial charge in [0, 0.05) is 0 Å². The summed E-state index contributed by atoms with van der Waals surface area (Å²) in [4.78, 5) is 0. The van der Waals surface area contributed by atoms with Crippen LogP contribution in [0, 0.1) is 19.3 Å². The van der Waals surface area contributed by atoms with Gasteiger partial charge in [-0.25, -0.2) is 0 Å². The maximum atomic E-state index is 2.27. The number of hydrogen-bond acceptors (Lipinski definition) is 0. The van der Waals surface area contributed by atoms with Crippen molar-refractivity contribution in [3.8, 4) is 0 Å². The topological polar surface area (TPSA) is 0 Å². The Morgan fingerprint density at radius 3 is 2.54 bits per heavy atom. The molecule has 1 aromatic carbocycles. The van der Waals surface area contributed by atoms with Crippen LogP contribution in [0.1, 0.15) is 37.5 Å². The third kappa shape index (κ3) is 2.58. The third-order valence-electron chi connectivity index (χ3n) is 2.37. The van der Waals surface area contributed by atoms with Crippen molar-refractivity contribution in [1.29, 1.82) is 0 Å². The molecule has 0 spiro atoms. The van der Waals surface area contributed by atoms with E-state index in [9.17, 15) is 0 Å². The van der Waals surface area contributed by atoms with E-state index in [2.05, 4.69) is 52.3 Å². The van der Waals surface area contributed by atoms with E-state index >= 15 is 0 Å². The highest BCUT2D eigenvalue weighted by Crippen LogP contribution is 2.19. The molecule has 0 fully saturated rings. The van der Waals surface area contributed by atoms with Crippen molar-refractivity contribution in [1.82, 2.24) is 0 Å². The van der Waals surface area contributed by atoms with Gasteiger partial charge in [-0.2, -0.15) is 0 Å². The predicted molar refractivity (Wildman–Crippen MR) is 58.8 cm³/mol. The van der Waals surface area contributed by atoms with Gasteiger partial charge in [-0.05, 0) is 42.4 Å². The molecular weight excluding hydrogens is 156 g/mol. The molecule has 0 bridgehead atoms. The molecule has 0 N–H and O–H groups in total. The van der Waals surface area contributed by atoms with Crippen LogP contribution in [0.15, 0.2) is 18.2 Å².